The second-order valence-corrected chi connectivity index (χ2v) is 5.38. The average Bonchev–Trinajstić information content (AvgIpc) is 2.48. The van der Waals surface area contributed by atoms with Crippen molar-refractivity contribution in [3.63, 3.8) is 0 Å². The largest absolute Gasteiger partial charge is 0.393 e. The third kappa shape index (κ3) is 3.19. The van der Waals surface area contributed by atoms with Crippen molar-refractivity contribution < 1.29 is 9.84 Å². The normalized spacial score (nSPS) is 38.2. The van der Waals surface area contributed by atoms with Gasteiger partial charge in [-0.05, 0) is 25.7 Å². The number of aliphatic hydroxyl groups excluding tert-OH is 1. The van der Waals surface area contributed by atoms with Crippen LogP contribution in [0, 0.1) is 5.92 Å². The molecule has 3 heteroatoms. The highest BCUT2D eigenvalue weighted by atomic mass is 16.5. The zero-order valence-electron chi connectivity index (χ0n) is 10.4. The molecule has 0 amide bonds. The Bertz CT molecular complexity index is 210. The average molecular weight is 227 g/mol. The van der Waals surface area contributed by atoms with Gasteiger partial charge < -0.3 is 9.84 Å². The van der Waals surface area contributed by atoms with Gasteiger partial charge in [0.25, 0.3) is 0 Å². The molecule has 1 heterocycles. The maximum atomic E-state index is 10.1. The van der Waals surface area contributed by atoms with Crippen LogP contribution in [0.25, 0.3) is 0 Å². The SMILES string of the molecule is CC1COCCN1CC1CCCCCC1O. The second-order valence-electron chi connectivity index (χ2n) is 5.38. The summed E-state index contributed by atoms with van der Waals surface area (Å²) in [5, 5.41) is 10.1. The summed E-state index contributed by atoms with van der Waals surface area (Å²) in [7, 11) is 0. The first-order chi connectivity index (χ1) is 7.77. The Hall–Kier alpha value is -0.120. The lowest BCUT2D eigenvalue weighted by Crippen LogP contribution is -2.47. The summed E-state index contributed by atoms with van der Waals surface area (Å²) in [6.45, 7) is 6.02. The van der Waals surface area contributed by atoms with Crippen LogP contribution in [-0.4, -0.2) is 48.5 Å². The topological polar surface area (TPSA) is 32.7 Å². The first-order valence-electron chi connectivity index (χ1n) is 6.77. The lowest BCUT2D eigenvalue weighted by Gasteiger charge is -2.36. The molecular weight excluding hydrogens is 202 g/mol. The highest BCUT2D eigenvalue weighted by Gasteiger charge is 2.27. The molecule has 1 saturated heterocycles. The van der Waals surface area contributed by atoms with Crippen LogP contribution in [0.2, 0.25) is 0 Å². The van der Waals surface area contributed by atoms with E-state index >= 15 is 0 Å². The molecule has 2 fully saturated rings. The molecule has 0 bridgehead atoms. The Kier molecular flexibility index (Phi) is 4.62. The Balaban J connectivity index is 1.86. The smallest absolute Gasteiger partial charge is 0.0619 e. The number of hydrogen-bond donors (Lipinski definition) is 1. The molecule has 3 atom stereocenters. The molecule has 94 valence electrons. The van der Waals surface area contributed by atoms with Crippen molar-refractivity contribution in [2.75, 3.05) is 26.3 Å². The highest BCUT2D eigenvalue weighted by Crippen LogP contribution is 2.25. The fraction of sp³-hybridized carbons (Fsp3) is 1.00. The summed E-state index contributed by atoms with van der Waals surface area (Å²) in [5.41, 5.74) is 0. The van der Waals surface area contributed by atoms with Gasteiger partial charge in [-0.2, -0.15) is 0 Å². The molecule has 2 aliphatic rings. The van der Waals surface area contributed by atoms with Gasteiger partial charge in [-0.25, -0.2) is 0 Å². The van der Waals surface area contributed by atoms with E-state index in [9.17, 15) is 5.11 Å². The predicted octanol–water partition coefficient (Wildman–Crippen LogP) is 1.65. The molecule has 0 radical (unpaired) electrons. The lowest BCUT2D eigenvalue weighted by atomic mass is 9.96. The van der Waals surface area contributed by atoms with E-state index in [0.29, 0.717) is 12.0 Å². The Morgan fingerprint density at radius 3 is 2.88 bits per heavy atom. The zero-order valence-corrected chi connectivity index (χ0v) is 10.4. The van der Waals surface area contributed by atoms with Gasteiger partial charge >= 0.3 is 0 Å². The van der Waals surface area contributed by atoms with Crippen LogP contribution in [0.1, 0.15) is 39.0 Å². The van der Waals surface area contributed by atoms with E-state index in [1.807, 2.05) is 0 Å². The third-order valence-electron chi connectivity index (χ3n) is 4.09. The highest BCUT2D eigenvalue weighted by molar-refractivity contribution is 4.79. The Labute approximate surface area is 98.8 Å². The number of rotatable bonds is 2. The summed E-state index contributed by atoms with van der Waals surface area (Å²) in [5.74, 6) is 0.489. The first kappa shape index (κ1) is 12.3. The van der Waals surface area contributed by atoms with Crippen molar-refractivity contribution in [2.24, 2.45) is 5.92 Å². The number of morpholine rings is 1. The zero-order chi connectivity index (χ0) is 11.4. The van der Waals surface area contributed by atoms with Crippen molar-refractivity contribution in [2.45, 2.75) is 51.2 Å². The summed E-state index contributed by atoms with van der Waals surface area (Å²) in [4.78, 5) is 2.49. The first-order valence-corrected chi connectivity index (χ1v) is 6.77. The molecular formula is C13H25NO2. The van der Waals surface area contributed by atoms with Crippen LogP contribution in [0.3, 0.4) is 0 Å². The predicted molar refractivity (Wildman–Crippen MR) is 64.4 cm³/mol. The van der Waals surface area contributed by atoms with Crippen molar-refractivity contribution >= 4 is 0 Å². The van der Waals surface area contributed by atoms with Gasteiger partial charge in [0.05, 0.1) is 19.3 Å². The molecule has 3 nitrogen and oxygen atoms in total. The van der Waals surface area contributed by atoms with Crippen LogP contribution in [0.5, 0.6) is 0 Å². The number of hydrogen-bond acceptors (Lipinski definition) is 3. The molecule has 0 spiro atoms. The summed E-state index contributed by atoms with van der Waals surface area (Å²) < 4.78 is 5.45. The van der Waals surface area contributed by atoms with Crippen molar-refractivity contribution in [3.8, 4) is 0 Å². The lowest BCUT2D eigenvalue weighted by molar-refractivity contribution is -0.0213. The molecule has 0 aromatic heterocycles. The van der Waals surface area contributed by atoms with Crippen molar-refractivity contribution in [3.05, 3.63) is 0 Å². The molecule has 3 unspecified atom stereocenters. The summed E-state index contributed by atoms with van der Waals surface area (Å²) in [6.07, 6.45) is 5.93. The van der Waals surface area contributed by atoms with Crippen LogP contribution >= 0.6 is 0 Å². The van der Waals surface area contributed by atoms with Crippen LogP contribution < -0.4 is 0 Å². The van der Waals surface area contributed by atoms with E-state index < -0.39 is 0 Å². The van der Waals surface area contributed by atoms with Gasteiger partial charge in [0, 0.05) is 19.1 Å². The van der Waals surface area contributed by atoms with E-state index in [0.717, 1.165) is 32.7 Å². The number of aliphatic hydroxyl groups is 1. The standard InChI is InChI=1S/C13H25NO2/c1-11-10-16-8-7-14(11)9-12-5-3-2-4-6-13(12)15/h11-13,15H,2-10H2,1H3. The van der Waals surface area contributed by atoms with Crippen molar-refractivity contribution in [1.29, 1.82) is 0 Å². The van der Waals surface area contributed by atoms with Gasteiger partial charge in [0.1, 0.15) is 0 Å². The summed E-state index contributed by atoms with van der Waals surface area (Å²) >= 11 is 0. The molecule has 1 N–H and O–H groups in total. The minimum atomic E-state index is -0.0717. The molecule has 2 rings (SSSR count). The maximum Gasteiger partial charge on any atom is 0.0619 e. The molecule has 16 heavy (non-hydrogen) atoms. The van der Waals surface area contributed by atoms with E-state index in [1.165, 1.54) is 25.7 Å². The molecule has 1 aliphatic carbocycles. The molecule has 1 aliphatic heterocycles. The monoisotopic (exact) mass is 227 g/mol. The fourth-order valence-electron chi connectivity index (χ4n) is 2.91. The second kappa shape index (κ2) is 5.99. The minimum Gasteiger partial charge on any atom is -0.393 e. The van der Waals surface area contributed by atoms with Gasteiger partial charge in [-0.1, -0.05) is 19.3 Å². The number of nitrogens with zero attached hydrogens (tertiary/aromatic N) is 1. The van der Waals surface area contributed by atoms with Crippen LogP contribution in [0.15, 0.2) is 0 Å². The van der Waals surface area contributed by atoms with E-state index in [1.54, 1.807) is 0 Å². The minimum absolute atomic E-state index is 0.0717. The molecule has 0 aromatic carbocycles. The fourth-order valence-corrected chi connectivity index (χ4v) is 2.91. The van der Waals surface area contributed by atoms with E-state index in [-0.39, 0.29) is 6.10 Å². The Morgan fingerprint density at radius 2 is 2.06 bits per heavy atom. The van der Waals surface area contributed by atoms with Crippen molar-refractivity contribution in [1.82, 2.24) is 4.90 Å². The van der Waals surface area contributed by atoms with Gasteiger partial charge in [0.2, 0.25) is 0 Å². The maximum absolute atomic E-state index is 10.1. The van der Waals surface area contributed by atoms with Gasteiger partial charge in [-0.3, -0.25) is 4.90 Å². The van der Waals surface area contributed by atoms with E-state index in [2.05, 4.69) is 11.8 Å². The molecule has 0 aromatic rings. The van der Waals surface area contributed by atoms with Gasteiger partial charge in [0.15, 0.2) is 0 Å². The third-order valence-corrected chi connectivity index (χ3v) is 4.09. The van der Waals surface area contributed by atoms with E-state index in [4.69, 9.17) is 4.74 Å². The van der Waals surface area contributed by atoms with Gasteiger partial charge in [-0.15, -0.1) is 0 Å². The summed E-state index contributed by atoms with van der Waals surface area (Å²) in [6, 6.07) is 0.518. The van der Waals surface area contributed by atoms with Crippen LogP contribution in [0.4, 0.5) is 0 Å². The molecule has 1 saturated carbocycles. The quantitative estimate of drug-likeness (QED) is 0.728. The van der Waals surface area contributed by atoms with Crippen LogP contribution in [-0.2, 0) is 4.74 Å². The number of ether oxygens (including phenoxy) is 1. The Morgan fingerprint density at radius 1 is 1.25 bits per heavy atom.